The Morgan fingerprint density at radius 1 is 0.500 bits per heavy atom. The number of rotatable bonds is 21. The smallest absolute Gasteiger partial charge is 0.341 e. The predicted molar refractivity (Wildman–Crippen MR) is 343 cm³/mol. The van der Waals surface area contributed by atoms with Gasteiger partial charge in [-0.1, -0.05) is 41.5 Å². The second-order valence-corrected chi connectivity index (χ2v) is 26.7. The van der Waals surface area contributed by atoms with Gasteiger partial charge in [-0.15, -0.1) is 0 Å². The molecule has 3 fully saturated rings. The van der Waals surface area contributed by atoms with Crippen LogP contribution < -0.4 is 44.7 Å². The third-order valence-corrected chi connectivity index (χ3v) is 19.5. The van der Waals surface area contributed by atoms with Crippen LogP contribution in [0.5, 0.6) is 34.9 Å². The highest BCUT2D eigenvalue weighted by atomic mass is 19.1. The lowest BCUT2D eigenvalue weighted by atomic mass is 9.79. The van der Waals surface area contributed by atoms with Crippen LogP contribution >= 0.6 is 0 Å². The minimum atomic E-state index is -1.45. The summed E-state index contributed by atoms with van der Waals surface area (Å²) in [6, 6.07) is 8.24. The molecule has 3 N–H and O–H groups in total. The molecule has 6 atom stereocenters. The van der Waals surface area contributed by atoms with Crippen LogP contribution in [-0.2, 0) is 14.2 Å². The van der Waals surface area contributed by atoms with Gasteiger partial charge in [0, 0.05) is 133 Å². The Kier molecular flexibility index (Phi) is 19.8. The standard InChI is InChI=1S/C23H27FN2O6.2C23H28N2O6/c1-23(2)7-6-12-13-10-15(32-9-5-8-30-3)21(31-4)25-17(13)18-16(24)19(27)14(22(28)29)11-26(18)20(12)23;1-23(2)7-6-13-19-14(10-18(30-4)21(24-19)31-9-5-8-29-3)16-11-17(26)15(22(27)28)12-25(16)20(13)23;1-23(2)7-6-13-14-10-18(31-9-5-8-29-3)21(30-4)24-19(14)16-11-17(26)15(22(27)28)12-25(16)20(13)23/h10-12,20H,5-9H2,1-4H3,(H,28,29);2*10-13,20H,5-9H2,1-4H3,(H,27,28). The fraction of sp³-hybridized carbons (Fsp3) is 0.522. The van der Waals surface area contributed by atoms with Crippen molar-refractivity contribution in [2.75, 3.05) is 82.3 Å². The van der Waals surface area contributed by atoms with Crippen molar-refractivity contribution in [2.24, 2.45) is 16.2 Å². The summed E-state index contributed by atoms with van der Waals surface area (Å²) in [5.41, 5.74) is 2.07. The fourth-order valence-corrected chi connectivity index (χ4v) is 15.1. The van der Waals surface area contributed by atoms with Gasteiger partial charge < -0.3 is 71.7 Å². The third-order valence-electron chi connectivity index (χ3n) is 19.5. The van der Waals surface area contributed by atoms with Crippen LogP contribution in [-0.4, -0.2) is 144 Å². The van der Waals surface area contributed by atoms with E-state index in [1.165, 1.54) is 44.9 Å². The van der Waals surface area contributed by atoms with Crippen LogP contribution in [0.4, 0.5) is 4.39 Å². The molecule has 25 heteroatoms. The number of aromatic carboxylic acids is 3. The van der Waals surface area contributed by atoms with Crippen molar-refractivity contribution in [1.82, 2.24) is 28.7 Å². The molecule has 6 unspecified atom stereocenters. The van der Waals surface area contributed by atoms with Crippen LogP contribution in [0.3, 0.4) is 0 Å². The number of ether oxygens (including phenoxy) is 9. The maximum atomic E-state index is 15.4. The first-order valence-corrected chi connectivity index (χ1v) is 31.6. The number of nitrogens with zero attached hydrogens (tertiary/aromatic N) is 6. The van der Waals surface area contributed by atoms with Gasteiger partial charge in [0.1, 0.15) is 22.4 Å². The van der Waals surface area contributed by atoms with E-state index in [-0.39, 0.29) is 80.5 Å². The summed E-state index contributed by atoms with van der Waals surface area (Å²) in [5.74, 6) is -2.35. The number of fused-ring (bicyclic) bond motifs is 18. The fourth-order valence-electron chi connectivity index (χ4n) is 15.1. The molecule has 3 aliphatic heterocycles. The average molecular weight is 1300 g/mol. The molecule has 504 valence electrons. The lowest BCUT2D eigenvalue weighted by Gasteiger charge is -2.39. The predicted octanol–water partition coefficient (Wildman–Crippen LogP) is 10.6. The molecule has 9 heterocycles. The van der Waals surface area contributed by atoms with E-state index in [1.54, 1.807) is 33.0 Å². The molecule has 0 bridgehead atoms. The van der Waals surface area contributed by atoms with Crippen LogP contribution in [0.2, 0.25) is 0 Å². The van der Waals surface area contributed by atoms with Crippen LogP contribution in [0.15, 0.2) is 63.3 Å². The van der Waals surface area contributed by atoms with E-state index >= 15 is 4.39 Å². The maximum absolute atomic E-state index is 15.4. The number of carboxylic acid groups (broad SMARTS) is 3. The monoisotopic (exact) mass is 1300 g/mol. The van der Waals surface area contributed by atoms with E-state index in [0.717, 1.165) is 73.8 Å². The normalized spacial score (nSPS) is 20.4. The zero-order chi connectivity index (χ0) is 67.9. The first-order valence-electron chi connectivity index (χ1n) is 31.6. The van der Waals surface area contributed by atoms with Crippen molar-refractivity contribution in [1.29, 1.82) is 0 Å². The first-order chi connectivity index (χ1) is 44.8. The highest BCUT2D eigenvalue weighted by molar-refractivity contribution is 5.89. The Hall–Kier alpha value is -8.68. The number of carboxylic acids is 3. The molecule has 0 radical (unpaired) electrons. The molecule has 0 spiro atoms. The molecule has 0 amide bonds. The van der Waals surface area contributed by atoms with Gasteiger partial charge in [0.15, 0.2) is 33.9 Å². The van der Waals surface area contributed by atoms with Gasteiger partial charge in [-0.25, -0.2) is 33.7 Å². The number of hydrogen-bond donors (Lipinski definition) is 3. The second kappa shape index (κ2) is 27.3. The van der Waals surface area contributed by atoms with Crippen LogP contribution in [0, 0.1) is 22.1 Å². The van der Waals surface area contributed by atoms with E-state index in [9.17, 15) is 44.1 Å². The molecule has 6 aromatic rings. The zero-order valence-electron chi connectivity index (χ0n) is 55.2. The number of pyridine rings is 6. The third kappa shape index (κ3) is 12.6. The molecular formula is C69H83FN6O18. The number of hydrogen-bond acceptors (Lipinski definition) is 18. The topological polar surface area (TPSA) is 300 Å². The van der Waals surface area contributed by atoms with E-state index < -0.39 is 45.6 Å². The van der Waals surface area contributed by atoms with Crippen molar-refractivity contribution in [3.63, 3.8) is 0 Å². The Labute approximate surface area is 542 Å². The molecule has 3 saturated carbocycles. The van der Waals surface area contributed by atoms with Crippen LogP contribution in [0.25, 0.3) is 34.0 Å². The molecule has 6 aliphatic rings. The molecule has 0 saturated heterocycles. The molecule has 3 aliphatic carbocycles. The van der Waals surface area contributed by atoms with Crippen molar-refractivity contribution in [3.8, 4) is 68.9 Å². The van der Waals surface area contributed by atoms with E-state index in [1.807, 2.05) is 27.3 Å². The molecule has 24 nitrogen and oxygen atoms in total. The quantitative estimate of drug-likeness (QED) is 0.0564. The Balaban J connectivity index is 0.000000154. The SMILES string of the molecule is COCCCOc1cc2c(nc1OC)-c1c(F)c(=O)c(C(=O)O)cn1C1C2CCC1(C)C.COCCCOc1cc2c(nc1OC)-c1cc(=O)c(C(=O)O)cn1C1C2CCC1(C)C.COCCCOc1nc2c(cc1OC)-c1cc(=O)c(C(=O)O)cn1C1C2CCC1(C)C. The van der Waals surface area contributed by atoms with Crippen LogP contribution in [0.1, 0.15) is 183 Å². The minimum absolute atomic E-state index is 0.00376. The summed E-state index contributed by atoms with van der Waals surface area (Å²) in [6.45, 7) is 15.9. The van der Waals surface area contributed by atoms with Crippen molar-refractivity contribution in [3.05, 3.63) is 119 Å². The number of methoxy groups -OCH3 is 6. The van der Waals surface area contributed by atoms with Crippen molar-refractivity contribution >= 4 is 17.9 Å². The zero-order valence-corrected chi connectivity index (χ0v) is 55.2. The molecule has 6 aromatic heterocycles. The summed E-state index contributed by atoms with van der Waals surface area (Å²) >= 11 is 0. The highest BCUT2D eigenvalue weighted by Crippen LogP contribution is 2.62. The van der Waals surface area contributed by atoms with E-state index in [0.29, 0.717) is 92.2 Å². The second-order valence-electron chi connectivity index (χ2n) is 26.7. The Bertz CT molecular complexity index is 3930. The van der Waals surface area contributed by atoms with Gasteiger partial charge in [-0.05, 0) is 84.1 Å². The Morgan fingerprint density at radius 2 is 0.926 bits per heavy atom. The number of halogens is 1. The largest absolute Gasteiger partial charge is 0.491 e. The highest BCUT2D eigenvalue weighted by Gasteiger charge is 2.52. The van der Waals surface area contributed by atoms with Gasteiger partial charge in [0.25, 0.3) is 17.6 Å². The summed E-state index contributed by atoms with van der Waals surface area (Å²) in [5, 5.41) is 28.5. The summed E-state index contributed by atoms with van der Waals surface area (Å²) in [4.78, 5) is 86.5. The van der Waals surface area contributed by atoms with E-state index in [4.69, 9.17) is 52.6 Å². The van der Waals surface area contributed by atoms with Gasteiger partial charge in [-0.3, -0.25) is 14.4 Å². The number of aromatic nitrogens is 6. The molecule has 12 rings (SSSR count). The Morgan fingerprint density at radius 3 is 1.40 bits per heavy atom. The summed E-state index contributed by atoms with van der Waals surface area (Å²) in [6.07, 6.45) is 11.9. The van der Waals surface area contributed by atoms with Gasteiger partial charge in [0.05, 0.1) is 69.6 Å². The molecular weight excluding hydrogens is 1220 g/mol. The van der Waals surface area contributed by atoms with Gasteiger partial charge >= 0.3 is 17.9 Å². The van der Waals surface area contributed by atoms with Crippen molar-refractivity contribution < 1.29 is 76.7 Å². The summed E-state index contributed by atoms with van der Waals surface area (Å²) in [7, 11) is 9.44. The first kappa shape index (κ1) is 68.2. The summed E-state index contributed by atoms with van der Waals surface area (Å²) < 4.78 is 70.2. The maximum Gasteiger partial charge on any atom is 0.341 e. The van der Waals surface area contributed by atoms with Gasteiger partial charge in [-0.2, -0.15) is 0 Å². The lowest BCUT2D eigenvalue weighted by molar-refractivity contribution is 0.0682. The molecule has 0 aromatic carbocycles. The van der Waals surface area contributed by atoms with Gasteiger partial charge in [0.2, 0.25) is 5.43 Å². The molecule has 94 heavy (non-hydrogen) atoms. The van der Waals surface area contributed by atoms with E-state index in [2.05, 4.69) is 46.5 Å². The lowest BCUT2D eigenvalue weighted by Crippen LogP contribution is -2.34. The average Bonchev–Trinajstić information content (AvgIpc) is 1.40. The minimum Gasteiger partial charge on any atom is -0.491 e. The van der Waals surface area contributed by atoms with Crippen molar-refractivity contribution in [2.45, 2.75) is 135 Å². The number of carbonyl (C=O) groups is 3.